The number of ether oxygens (including phenoxy) is 2. The van der Waals surface area contributed by atoms with Gasteiger partial charge < -0.3 is 9.47 Å². The lowest BCUT2D eigenvalue weighted by atomic mass is 10.2. The van der Waals surface area contributed by atoms with Crippen molar-refractivity contribution in [2.24, 2.45) is 0 Å². The normalized spacial score (nSPS) is 12.8. The molecule has 6 heteroatoms. The van der Waals surface area contributed by atoms with Crippen molar-refractivity contribution in [3.63, 3.8) is 0 Å². The number of benzene rings is 1. The van der Waals surface area contributed by atoms with Gasteiger partial charge >= 0.3 is 5.97 Å². The van der Waals surface area contributed by atoms with Crippen LogP contribution >= 0.6 is 34.8 Å². The molecule has 0 bridgehead atoms. The molecular weight excluding hydrogens is 323 g/mol. The van der Waals surface area contributed by atoms with Gasteiger partial charge in [0.15, 0.2) is 6.10 Å². The van der Waals surface area contributed by atoms with Crippen LogP contribution in [0, 0.1) is 0 Å². The van der Waals surface area contributed by atoms with Crippen molar-refractivity contribution in [1.29, 1.82) is 0 Å². The minimum atomic E-state index is -1.47. The summed E-state index contributed by atoms with van der Waals surface area (Å²) in [6.07, 6.45) is 1.14. The topological polar surface area (TPSA) is 35.5 Å². The van der Waals surface area contributed by atoms with Gasteiger partial charge in [0.25, 0.3) is 0 Å². The van der Waals surface area contributed by atoms with Gasteiger partial charge in [-0.2, -0.15) is 0 Å². The molecule has 0 fully saturated rings. The first-order valence-corrected chi connectivity index (χ1v) is 7.48. The highest BCUT2D eigenvalue weighted by Crippen LogP contribution is 2.38. The lowest BCUT2D eigenvalue weighted by Gasteiger charge is -2.15. The van der Waals surface area contributed by atoms with Crippen LogP contribution in [0.2, 0.25) is 0 Å². The molecule has 0 amide bonds. The Hall–Kier alpha value is -0.640. The Morgan fingerprint density at radius 1 is 1.25 bits per heavy atom. The predicted octanol–water partition coefficient (Wildman–Crippen LogP) is 4.62. The van der Waals surface area contributed by atoms with Crippen LogP contribution in [0.25, 0.3) is 0 Å². The van der Waals surface area contributed by atoms with E-state index in [1.54, 1.807) is 31.2 Å². The van der Waals surface area contributed by atoms with E-state index < -0.39 is 9.90 Å². The zero-order chi connectivity index (χ0) is 15.2. The average Bonchev–Trinajstić information content (AvgIpc) is 2.38. The number of esters is 1. The molecule has 3 nitrogen and oxygen atoms in total. The van der Waals surface area contributed by atoms with E-state index in [0.717, 1.165) is 12.8 Å². The van der Waals surface area contributed by atoms with Crippen LogP contribution in [0.4, 0.5) is 0 Å². The molecule has 1 aromatic carbocycles. The third-order valence-electron chi connectivity index (χ3n) is 2.57. The molecule has 0 aliphatic carbocycles. The summed E-state index contributed by atoms with van der Waals surface area (Å²) in [5.41, 5.74) is 0.535. The van der Waals surface area contributed by atoms with Crippen LogP contribution in [0.5, 0.6) is 5.75 Å². The number of rotatable bonds is 6. The Kier molecular flexibility index (Phi) is 6.93. The maximum atomic E-state index is 11.6. The maximum Gasteiger partial charge on any atom is 0.347 e. The van der Waals surface area contributed by atoms with Crippen LogP contribution in [0.3, 0.4) is 0 Å². The minimum Gasteiger partial charge on any atom is -0.479 e. The molecule has 112 valence electrons. The molecule has 0 aromatic heterocycles. The number of hydrogen-bond acceptors (Lipinski definition) is 3. The van der Waals surface area contributed by atoms with Gasteiger partial charge in [0.2, 0.25) is 3.79 Å². The summed E-state index contributed by atoms with van der Waals surface area (Å²) in [6, 6.07) is 6.56. The zero-order valence-electron chi connectivity index (χ0n) is 11.4. The van der Waals surface area contributed by atoms with Gasteiger partial charge in [0.05, 0.1) is 6.61 Å². The molecule has 0 radical (unpaired) electrons. The fourth-order valence-corrected chi connectivity index (χ4v) is 1.79. The zero-order valence-corrected chi connectivity index (χ0v) is 13.6. The molecule has 0 aliphatic heterocycles. The predicted molar refractivity (Wildman–Crippen MR) is 81.6 cm³/mol. The van der Waals surface area contributed by atoms with Gasteiger partial charge in [0, 0.05) is 5.56 Å². The van der Waals surface area contributed by atoms with Crippen molar-refractivity contribution in [3.05, 3.63) is 29.8 Å². The lowest BCUT2D eigenvalue weighted by molar-refractivity contribution is -0.151. The number of halogens is 3. The summed E-state index contributed by atoms with van der Waals surface area (Å²) in [6.45, 7) is 4.08. The van der Waals surface area contributed by atoms with E-state index in [-0.39, 0.29) is 5.97 Å². The summed E-state index contributed by atoms with van der Waals surface area (Å²) in [5.74, 6) is 0.131. The third-order valence-corrected chi connectivity index (χ3v) is 3.22. The van der Waals surface area contributed by atoms with Crippen molar-refractivity contribution >= 4 is 40.8 Å². The maximum absolute atomic E-state index is 11.6. The molecule has 0 spiro atoms. The van der Waals surface area contributed by atoms with E-state index in [1.165, 1.54) is 0 Å². The second-order valence-electron chi connectivity index (χ2n) is 4.30. The summed E-state index contributed by atoms with van der Waals surface area (Å²) >= 11 is 17.3. The monoisotopic (exact) mass is 338 g/mol. The molecule has 0 saturated carbocycles. The van der Waals surface area contributed by atoms with Gasteiger partial charge in [0.1, 0.15) is 5.75 Å². The van der Waals surface area contributed by atoms with E-state index in [0.29, 0.717) is 17.9 Å². The minimum absolute atomic E-state index is 0.385. The van der Waals surface area contributed by atoms with Crippen LogP contribution in [-0.2, 0) is 13.3 Å². The van der Waals surface area contributed by atoms with E-state index in [2.05, 4.69) is 0 Å². The molecule has 0 heterocycles. The first kappa shape index (κ1) is 17.4. The Labute approximate surface area is 134 Å². The summed E-state index contributed by atoms with van der Waals surface area (Å²) in [4.78, 5) is 11.6. The van der Waals surface area contributed by atoms with Crippen molar-refractivity contribution < 1.29 is 14.3 Å². The second-order valence-corrected chi connectivity index (χ2v) is 6.58. The Morgan fingerprint density at radius 2 is 1.85 bits per heavy atom. The van der Waals surface area contributed by atoms with Gasteiger partial charge in [-0.1, -0.05) is 60.3 Å². The molecule has 1 rings (SSSR count). The second kappa shape index (κ2) is 7.96. The molecule has 1 atom stereocenters. The van der Waals surface area contributed by atoms with Crippen molar-refractivity contribution in [2.75, 3.05) is 6.61 Å². The van der Waals surface area contributed by atoms with Crippen LogP contribution in [0.15, 0.2) is 24.3 Å². The standard InChI is InChI=1S/C14H17Cl3O3/c1-3-4-9-19-13(18)10(2)20-12-7-5-11(6-8-12)14(15,16)17/h5-8,10H,3-4,9H2,1-2H3. The van der Waals surface area contributed by atoms with Crippen LogP contribution in [0.1, 0.15) is 32.3 Å². The quantitative estimate of drug-likeness (QED) is 0.431. The number of carbonyl (C=O) groups is 1. The van der Waals surface area contributed by atoms with Crippen LogP contribution < -0.4 is 4.74 Å². The first-order chi connectivity index (χ1) is 9.34. The van der Waals surface area contributed by atoms with E-state index in [4.69, 9.17) is 44.3 Å². The molecule has 1 aromatic rings. The molecular formula is C14H17Cl3O3. The van der Waals surface area contributed by atoms with Crippen molar-refractivity contribution in [1.82, 2.24) is 0 Å². The van der Waals surface area contributed by atoms with Crippen molar-refractivity contribution in [2.45, 2.75) is 36.6 Å². The number of alkyl halides is 3. The van der Waals surface area contributed by atoms with Gasteiger partial charge in [-0.15, -0.1) is 0 Å². The Bertz CT molecular complexity index is 426. The van der Waals surface area contributed by atoms with Gasteiger partial charge in [-0.05, 0) is 25.5 Å². The largest absolute Gasteiger partial charge is 0.479 e. The fraction of sp³-hybridized carbons (Fsp3) is 0.500. The number of hydrogen-bond donors (Lipinski definition) is 0. The highest BCUT2D eigenvalue weighted by Gasteiger charge is 2.23. The van der Waals surface area contributed by atoms with Gasteiger partial charge in [-0.25, -0.2) is 4.79 Å². The summed E-state index contributed by atoms with van der Waals surface area (Å²) in [5, 5.41) is 0. The van der Waals surface area contributed by atoms with Gasteiger partial charge in [-0.3, -0.25) is 0 Å². The third kappa shape index (κ3) is 5.78. The average molecular weight is 340 g/mol. The molecule has 1 unspecified atom stereocenters. The Morgan fingerprint density at radius 3 is 2.35 bits per heavy atom. The lowest BCUT2D eigenvalue weighted by Crippen LogP contribution is -2.26. The molecule has 0 N–H and O–H groups in total. The van der Waals surface area contributed by atoms with E-state index in [1.807, 2.05) is 6.92 Å². The van der Waals surface area contributed by atoms with Crippen molar-refractivity contribution in [3.8, 4) is 5.75 Å². The SMILES string of the molecule is CCCCOC(=O)C(C)Oc1ccc(C(Cl)(Cl)Cl)cc1. The molecule has 0 aliphatic rings. The number of carbonyl (C=O) groups excluding carboxylic acids is 1. The number of unbranched alkanes of at least 4 members (excludes halogenated alkanes) is 1. The smallest absolute Gasteiger partial charge is 0.347 e. The highest BCUT2D eigenvalue weighted by atomic mass is 35.6. The highest BCUT2D eigenvalue weighted by molar-refractivity contribution is 6.66. The summed E-state index contributed by atoms with van der Waals surface area (Å²) in [7, 11) is 0. The molecule has 0 saturated heterocycles. The van der Waals surface area contributed by atoms with E-state index >= 15 is 0 Å². The summed E-state index contributed by atoms with van der Waals surface area (Å²) < 4.78 is 9.07. The van der Waals surface area contributed by atoms with Crippen LogP contribution in [-0.4, -0.2) is 18.7 Å². The molecule has 20 heavy (non-hydrogen) atoms. The Balaban J connectivity index is 2.53. The first-order valence-electron chi connectivity index (χ1n) is 6.35. The van der Waals surface area contributed by atoms with E-state index in [9.17, 15) is 4.79 Å². The fourth-order valence-electron chi connectivity index (χ4n) is 1.41.